The lowest BCUT2D eigenvalue weighted by atomic mass is 9.98. The number of aromatic amines is 1. The Labute approximate surface area is 227 Å². The molecule has 0 radical (unpaired) electrons. The zero-order valence-electron chi connectivity index (χ0n) is 22.2. The standard InChI is InChI=1S/C31H32N2O6/c1-37-28-16-22(17-29(38-2)30(28)39-3)21-12-20(8-6-7-11-34)13-23(14-21)31(36)33-25(19-35)15-24-18-32-27-10-5-4-9-26(24)27/h4-5,9-10,12-14,16-18,25,32,34-35H,7,11,15,19H2,1-3H3,(H,33,36). The highest BCUT2D eigenvalue weighted by Gasteiger charge is 2.19. The molecule has 1 heterocycles. The lowest BCUT2D eigenvalue weighted by Crippen LogP contribution is -2.39. The van der Waals surface area contributed by atoms with Gasteiger partial charge in [-0.15, -0.1) is 0 Å². The van der Waals surface area contributed by atoms with E-state index >= 15 is 0 Å². The van der Waals surface area contributed by atoms with Gasteiger partial charge in [-0.3, -0.25) is 4.79 Å². The molecule has 1 unspecified atom stereocenters. The fraction of sp³-hybridized carbons (Fsp3) is 0.258. The summed E-state index contributed by atoms with van der Waals surface area (Å²) in [6.07, 6.45) is 2.68. The second-order valence-electron chi connectivity index (χ2n) is 8.91. The molecule has 0 aliphatic carbocycles. The Kier molecular flexibility index (Phi) is 9.10. The van der Waals surface area contributed by atoms with Crippen LogP contribution in [0.2, 0.25) is 0 Å². The van der Waals surface area contributed by atoms with E-state index in [4.69, 9.17) is 19.3 Å². The van der Waals surface area contributed by atoms with E-state index in [1.54, 1.807) is 38.5 Å². The molecule has 3 aromatic carbocycles. The number of amides is 1. The van der Waals surface area contributed by atoms with Gasteiger partial charge >= 0.3 is 0 Å². The van der Waals surface area contributed by atoms with Crippen molar-refractivity contribution in [3.05, 3.63) is 77.5 Å². The molecule has 0 fully saturated rings. The largest absolute Gasteiger partial charge is 0.493 e. The Morgan fingerprint density at radius 3 is 2.36 bits per heavy atom. The van der Waals surface area contributed by atoms with Crippen molar-refractivity contribution in [3.63, 3.8) is 0 Å². The van der Waals surface area contributed by atoms with Gasteiger partial charge in [-0.25, -0.2) is 0 Å². The van der Waals surface area contributed by atoms with Crippen molar-refractivity contribution in [2.45, 2.75) is 18.9 Å². The number of fused-ring (bicyclic) bond motifs is 1. The number of carbonyl (C=O) groups is 1. The lowest BCUT2D eigenvalue weighted by Gasteiger charge is -2.17. The summed E-state index contributed by atoms with van der Waals surface area (Å²) in [7, 11) is 4.62. The van der Waals surface area contributed by atoms with Crippen LogP contribution < -0.4 is 19.5 Å². The van der Waals surface area contributed by atoms with Crippen LogP contribution in [-0.2, 0) is 6.42 Å². The van der Waals surface area contributed by atoms with E-state index in [0.717, 1.165) is 22.0 Å². The summed E-state index contributed by atoms with van der Waals surface area (Å²) in [5.74, 6) is 7.02. The van der Waals surface area contributed by atoms with Crippen molar-refractivity contribution in [1.82, 2.24) is 10.3 Å². The predicted molar refractivity (Wildman–Crippen MR) is 150 cm³/mol. The molecule has 39 heavy (non-hydrogen) atoms. The van der Waals surface area contributed by atoms with Gasteiger partial charge < -0.3 is 34.7 Å². The number of hydrogen-bond donors (Lipinski definition) is 4. The van der Waals surface area contributed by atoms with Crippen LogP contribution in [0.1, 0.15) is 27.9 Å². The molecule has 8 heteroatoms. The van der Waals surface area contributed by atoms with E-state index in [-0.39, 0.29) is 19.1 Å². The van der Waals surface area contributed by atoms with Gasteiger partial charge in [0.15, 0.2) is 11.5 Å². The average molecular weight is 529 g/mol. The number of nitrogens with one attached hydrogen (secondary N) is 2. The number of aliphatic hydroxyl groups is 2. The normalized spacial score (nSPS) is 11.4. The summed E-state index contributed by atoms with van der Waals surface area (Å²) in [6.45, 7) is -0.278. The second kappa shape index (κ2) is 12.9. The van der Waals surface area contributed by atoms with E-state index in [0.29, 0.717) is 46.8 Å². The topological polar surface area (TPSA) is 113 Å². The monoisotopic (exact) mass is 528 g/mol. The number of aromatic nitrogens is 1. The molecule has 4 aromatic rings. The minimum atomic E-state index is -0.495. The molecule has 1 atom stereocenters. The number of methoxy groups -OCH3 is 3. The van der Waals surface area contributed by atoms with E-state index < -0.39 is 6.04 Å². The quantitative estimate of drug-likeness (QED) is 0.232. The van der Waals surface area contributed by atoms with E-state index in [9.17, 15) is 9.90 Å². The van der Waals surface area contributed by atoms with Crippen LogP contribution in [0, 0.1) is 11.8 Å². The number of hydrogen-bond acceptors (Lipinski definition) is 6. The maximum absolute atomic E-state index is 13.4. The number of carbonyl (C=O) groups excluding carboxylic acids is 1. The van der Waals surface area contributed by atoms with Crippen molar-refractivity contribution in [3.8, 4) is 40.2 Å². The third-order valence-corrected chi connectivity index (χ3v) is 6.36. The van der Waals surface area contributed by atoms with Crippen LogP contribution >= 0.6 is 0 Å². The van der Waals surface area contributed by atoms with Crippen LogP contribution in [0.5, 0.6) is 17.2 Å². The molecule has 8 nitrogen and oxygen atoms in total. The predicted octanol–water partition coefficient (Wildman–Crippen LogP) is 3.93. The van der Waals surface area contributed by atoms with Crippen molar-refractivity contribution in [2.75, 3.05) is 34.5 Å². The van der Waals surface area contributed by atoms with Crippen LogP contribution in [-0.4, -0.2) is 61.7 Å². The first-order valence-corrected chi connectivity index (χ1v) is 12.5. The highest BCUT2D eigenvalue weighted by molar-refractivity contribution is 5.96. The fourth-order valence-corrected chi connectivity index (χ4v) is 4.46. The lowest BCUT2D eigenvalue weighted by molar-refractivity contribution is 0.0916. The Hall–Kier alpha value is -4.45. The molecule has 4 rings (SSSR count). The van der Waals surface area contributed by atoms with Crippen molar-refractivity contribution >= 4 is 16.8 Å². The van der Waals surface area contributed by atoms with Crippen LogP contribution in [0.25, 0.3) is 22.0 Å². The van der Waals surface area contributed by atoms with Gasteiger partial charge in [-0.05, 0) is 59.5 Å². The van der Waals surface area contributed by atoms with Gasteiger partial charge in [0.1, 0.15) is 0 Å². The summed E-state index contributed by atoms with van der Waals surface area (Å²) >= 11 is 0. The Morgan fingerprint density at radius 1 is 0.974 bits per heavy atom. The second-order valence-corrected chi connectivity index (χ2v) is 8.91. The first-order valence-electron chi connectivity index (χ1n) is 12.5. The third-order valence-electron chi connectivity index (χ3n) is 6.36. The number of ether oxygens (including phenoxy) is 3. The number of rotatable bonds is 10. The van der Waals surface area contributed by atoms with E-state index in [1.165, 1.54) is 7.11 Å². The summed E-state index contributed by atoms with van der Waals surface area (Å²) in [4.78, 5) is 16.7. The van der Waals surface area contributed by atoms with Gasteiger partial charge in [-0.2, -0.15) is 0 Å². The molecule has 0 bridgehead atoms. The molecule has 0 spiro atoms. The van der Waals surface area contributed by atoms with Crippen molar-refractivity contribution in [1.29, 1.82) is 0 Å². The number of H-pyrrole nitrogens is 1. The zero-order valence-corrected chi connectivity index (χ0v) is 22.2. The van der Waals surface area contributed by atoms with Crippen molar-refractivity contribution in [2.24, 2.45) is 0 Å². The number of aliphatic hydroxyl groups excluding tert-OH is 2. The van der Waals surface area contributed by atoms with E-state index in [2.05, 4.69) is 22.1 Å². The molecule has 0 aliphatic heterocycles. The van der Waals surface area contributed by atoms with Crippen molar-refractivity contribution < 1.29 is 29.2 Å². The maximum atomic E-state index is 13.4. The van der Waals surface area contributed by atoms with Gasteiger partial charge in [-0.1, -0.05) is 30.0 Å². The average Bonchev–Trinajstić information content (AvgIpc) is 3.38. The van der Waals surface area contributed by atoms with Crippen LogP contribution in [0.3, 0.4) is 0 Å². The van der Waals surface area contributed by atoms with Gasteiger partial charge in [0, 0.05) is 34.6 Å². The molecule has 0 saturated heterocycles. The highest BCUT2D eigenvalue weighted by atomic mass is 16.5. The van der Waals surface area contributed by atoms with Gasteiger partial charge in [0.2, 0.25) is 5.75 Å². The molecule has 1 amide bonds. The first kappa shape index (κ1) is 27.6. The summed E-state index contributed by atoms with van der Waals surface area (Å²) in [6, 6.07) is 16.3. The van der Waals surface area contributed by atoms with Gasteiger partial charge in [0.25, 0.3) is 5.91 Å². The van der Waals surface area contributed by atoms with E-state index in [1.807, 2.05) is 36.5 Å². The molecule has 1 aromatic heterocycles. The Balaban J connectivity index is 1.68. The molecular formula is C31H32N2O6. The molecular weight excluding hydrogens is 496 g/mol. The smallest absolute Gasteiger partial charge is 0.251 e. The fourth-order valence-electron chi connectivity index (χ4n) is 4.46. The first-order chi connectivity index (χ1) is 19.0. The molecule has 0 saturated carbocycles. The minimum absolute atomic E-state index is 0.0566. The van der Waals surface area contributed by atoms with Gasteiger partial charge in [0.05, 0.1) is 40.6 Å². The number of benzene rings is 3. The Bertz CT molecular complexity index is 1490. The SMILES string of the molecule is COc1cc(-c2cc(C#CCCO)cc(C(=O)NC(CO)Cc3c[nH]c4ccccc34)c2)cc(OC)c1OC. The summed E-state index contributed by atoms with van der Waals surface area (Å²) in [5.41, 5.74) is 4.45. The summed E-state index contributed by atoms with van der Waals surface area (Å²) in [5, 5.41) is 23.2. The number of para-hydroxylation sites is 1. The summed E-state index contributed by atoms with van der Waals surface area (Å²) < 4.78 is 16.5. The highest BCUT2D eigenvalue weighted by Crippen LogP contribution is 2.41. The Morgan fingerprint density at radius 2 is 1.69 bits per heavy atom. The zero-order chi connectivity index (χ0) is 27.8. The molecule has 202 valence electrons. The maximum Gasteiger partial charge on any atom is 0.251 e. The molecule has 4 N–H and O–H groups in total. The van der Waals surface area contributed by atoms with Crippen LogP contribution in [0.4, 0.5) is 0 Å². The minimum Gasteiger partial charge on any atom is -0.493 e. The van der Waals surface area contributed by atoms with Crippen LogP contribution in [0.15, 0.2) is 60.8 Å². The molecule has 0 aliphatic rings. The third kappa shape index (κ3) is 6.34.